The molecule has 1 nitrogen and oxygen atoms in total. The van der Waals surface area contributed by atoms with Gasteiger partial charge in [0.25, 0.3) is 0 Å². The first-order valence-corrected chi connectivity index (χ1v) is 11.3. The minimum Gasteiger partial charge on any atom is -0.201 e. The van der Waals surface area contributed by atoms with E-state index in [0.29, 0.717) is 0 Å². The molecule has 3 aromatic carbocycles. The zero-order valence-corrected chi connectivity index (χ0v) is 19.8. The van der Waals surface area contributed by atoms with Gasteiger partial charge in [0.05, 0.1) is 0 Å². The Bertz CT molecular complexity index is 1350. The van der Waals surface area contributed by atoms with Gasteiger partial charge >= 0.3 is 0 Å². The van der Waals surface area contributed by atoms with Crippen molar-refractivity contribution in [1.82, 2.24) is 0 Å². The Morgan fingerprint density at radius 2 is 1.45 bits per heavy atom. The van der Waals surface area contributed by atoms with Crippen molar-refractivity contribution in [3.63, 3.8) is 0 Å². The molecule has 156 valence electrons. The van der Waals surface area contributed by atoms with Crippen LogP contribution in [0.15, 0.2) is 66.9 Å². The van der Waals surface area contributed by atoms with Crippen molar-refractivity contribution in [2.75, 3.05) is 0 Å². The molecule has 0 N–H and O–H groups in total. The molecule has 0 fully saturated rings. The van der Waals surface area contributed by atoms with Crippen molar-refractivity contribution < 1.29 is 4.57 Å². The summed E-state index contributed by atoms with van der Waals surface area (Å²) < 4.78 is 2.24. The van der Waals surface area contributed by atoms with E-state index in [-0.39, 0.29) is 10.8 Å². The normalized spacial score (nSPS) is 16.1. The van der Waals surface area contributed by atoms with E-state index in [2.05, 4.69) is 120 Å². The summed E-state index contributed by atoms with van der Waals surface area (Å²) in [5.74, 6) is 0. The van der Waals surface area contributed by atoms with Gasteiger partial charge in [-0.25, -0.2) is 4.57 Å². The molecular weight excluding hydrogens is 374 g/mol. The third-order valence-corrected chi connectivity index (χ3v) is 8.11. The lowest BCUT2D eigenvalue weighted by Gasteiger charge is -2.49. The molecule has 1 aliphatic rings. The smallest absolute Gasteiger partial charge is 0.201 e. The van der Waals surface area contributed by atoms with Gasteiger partial charge in [-0.2, -0.15) is 0 Å². The number of benzene rings is 3. The van der Waals surface area contributed by atoms with E-state index in [4.69, 9.17) is 0 Å². The zero-order chi connectivity index (χ0) is 22.1. The van der Waals surface area contributed by atoms with Crippen LogP contribution in [0.3, 0.4) is 0 Å². The predicted octanol–water partition coefficient (Wildman–Crippen LogP) is 7.18. The van der Waals surface area contributed by atoms with Gasteiger partial charge in [-0.3, -0.25) is 0 Å². The maximum absolute atomic E-state index is 2.42. The van der Waals surface area contributed by atoms with E-state index in [0.717, 1.165) is 0 Å². The summed E-state index contributed by atoms with van der Waals surface area (Å²) >= 11 is 0. The molecule has 4 aromatic rings. The number of fused-ring (bicyclic) bond motifs is 5. The molecule has 0 radical (unpaired) electrons. The molecule has 0 unspecified atom stereocenters. The van der Waals surface area contributed by atoms with Crippen molar-refractivity contribution >= 4 is 10.8 Å². The lowest BCUT2D eigenvalue weighted by atomic mass is 9.54. The first-order valence-electron chi connectivity index (χ1n) is 11.3. The Morgan fingerprint density at radius 1 is 0.742 bits per heavy atom. The SMILES string of the molecule is Cc1cc[n+](C)c(-c2ccc3c(c2C)-c2ccc4ccccc4c2C(C)(C)C3(C)C)c1. The highest BCUT2D eigenvalue weighted by atomic mass is 14.9. The van der Waals surface area contributed by atoms with Gasteiger partial charge in [0.2, 0.25) is 5.69 Å². The van der Waals surface area contributed by atoms with Gasteiger partial charge in [-0.15, -0.1) is 0 Å². The van der Waals surface area contributed by atoms with Crippen molar-refractivity contribution in [1.29, 1.82) is 0 Å². The lowest BCUT2D eigenvalue weighted by molar-refractivity contribution is -0.660. The van der Waals surface area contributed by atoms with Crippen LogP contribution in [0.5, 0.6) is 0 Å². The van der Waals surface area contributed by atoms with E-state index in [1.54, 1.807) is 0 Å². The molecule has 1 aliphatic carbocycles. The largest absolute Gasteiger partial charge is 0.212 e. The maximum atomic E-state index is 2.42. The van der Waals surface area contributed by atoms with Crippen LogP contribution in [-0.2, 0) is 17.9 Å². The summed E-state index contributed by atoms with van der Waals surface area (Å²) in [6, 6.07) is 22.7. The molecule has 0 amide bonds. The number of rotatable bonds is 1. The van der Waals surface area contributed by atoms with E-state index < -0.39 is 0 Å². The van der Waals surface area contributed by atoms with E-state index in [1.165, 1.54) is 55.4 Å². The van der Waals surface area contributed by atoms with Crippen molar-refractivity contribution in [2.24, 2.45) is 7.05 Å². The molecule has 1 heterocycles. The number of pyridine rings is 1. The molecule has 0 bridgehead atoms. The monoisotopic (exact) mass is 406 g/mol. The Balaban J connectivity index is 1.91. The highest BCUT2D eigenvalue weighted by molar-refractivity contribution is 5.97. The molecule has 1 aromatic heterocycles. The summed E-state index contributed by atoms with van der Waals surface area (Å²) in [7, 11) is 2.14. The fourth-order valence-electron chi connectivity index (χ4n) is 5.60. The van der Waals surface area contributed by atoms with Crippen molar-refractivity contribution in [2.45, 2.75) is 52.4 Å². The number of hydrogen-bond donors (Lipinski definition) is 0. The number of nitrogens with zero attached hydrogens (tertiary/aromatic N) is 1. The van der Waals surface area contributed by atoms with Gasteiger partial charge in [0, 0.05) is 23.1 Å². The fourth-order valence-corrected chi connectivity index (χ4v) is 5.60. The second-order valence-electron chi connectivity index (χ2n) is 10.3. The molecule has 0 saturated heterocycles. The summed E-state index contributed by atoms with van der Waals surface area (Å²) in [6.07, 6.45) is 2.16. The van der Waals surface area contributed by atoms with Gasteiger partial charge in [0.1, 0.15) is 7.05 Å². The van der Waals surface area contributed by atoms with E-state index in [1.807, 2.05) is 0 Å². The minimum absolute atomic E-state index is 0.0114. The van der Waals surface area contributed by atoms with E-state index >= 15 is 0 Å². The topological polar surface area (TPSA) is 3.88 Å². The van der Waals surface area contributed by atoms with Crippen LogP contribution in [0.4, 0.5) is 0 Å². The Hall–Kier alpha value is -2.93. The lowest BCUT2D eigenvalue weighted by Crippen LogP contribution is -2.44. The third kappa shape index (κ3) is 2.65. The van der Waals surface area contributed by atoms with Gasteiger partial charge < -0.3 is 0 Å². The zero-order valence-electron chi connectivity index (χ0n) is 19.8. The average Bonchev–Trinajstić information content (AvgIpc) is 2.73. The summed E-state index contributed by atoms with van der Waals surface area (Å²) in [4.78, 5) is 0. The molecule has 0 aliphatic heterocycles. The highest BCUT2D eigenvalue weighted by Gasteiger charge is 2.47. The molecule has 0 atom stereocenters. The summed E-state index contributed by atoms with van der Waals surface area (Å²) in [6.45, 7) is 14.2. The van der Waals surface area contributed by atoms with E-state index in [9.17, 15) is 0 Å². The van der Waals surface area contributed by atoms with Crippen molar-refractivity contribution in [3.05, 3.63) is 89.1 Å². The van der Waals surface area contributed by atoms with Gasteiger partial charge in [0.15, 0.2) is 6.20 Å². The average molecular weight is 407 g/mol. The Kier molecular flexibility index (Phi) is 4.21. The molecule has 5 rings (SSSR count). The predicted molar refractivity (Wildman–Crippen MR) is 132 cm³/mol. The first kappa shape index (κ1) is 20.0. The number of aromatic nitrogens is 1. The number of hydrogen-bond acceptors (Lipinski definition) is 0. The van der Waals surface area contributed by atoms with Crippen LogP contribution in [0, 0.1) is 13.8 Å². The second-order valence-corrected chi connectivity index (χ2v) is 10.3. The van der Waals surface area contributed by atoms with Crippen LogP contribution in [0.1, 0.15) is 49.9 Å². The molecule has 0 saturated carbocycles. The molecule has 0 spiro atoms. The van der Waals surface area contributed by atoms with Crippen LogP contribution < -0.4 is 4.57 Å². The van der Waals surface area contributed by atoms with Crippen molar-refractivity contribution in [3.8, 4) is 22.4 Å². The molecular formula is C30H32N+. The third-order valence-electron chi connectivity index (χ3n) is 8.11. The Morgan fingerprint density at radius 3 is 2.23 bits per heavy atom. The second kappa shape index (κ2) is 6.53. The first-order chi connectivity index (χ1) is 14.6. The van der Waals surface area contributed by atoms with Gasteiger partial charge in [-0.1, -0.05) is 70.2 Å². The summed E-state index contributed by atoms with van der Waals surface area (Å²) in [5, 5.41) is 2.71. The molecule has 1 heteroatoms. The standard InChI is InChI=1S/C30H32N/c1-19-16-17-31(7)26(18-19)22-14-15-25-27(20(22)2)24-13-12-21-10-8-9-11-23(21)28(24)30(5,6)29(25,3)4/h8-18H,1-7H3/q+1. The Labute approximate surface area is 186 Å². The van der Waals surface area contributed by atoms with Crippen LogP contribution in [0.2, 0.25) is 0 Å². The highest BCUT2D eigenvalue weighted by Crippen LogP contribution is 2.57. The van der Waals surface area contributed by atoms with Crippen LogP contribution in [-0.4, -0.2) is 0 Å². The summed E-state index contributed by atoms with van der Waals surface area (Å²) in [5.41, 5.74) is 11.0. The maximum Gasteiger partial charge on any atom is 0.212 e. The van der Waals surface area contributed by atoms with Crippen LogP contribution in [0.25, 0.3) is 33.2 Å². The van der Waals surface area contributed by atoms with Gasteiger partial charge in [-0.05, 0) is 69.5 Å². The fraction of sp³-hybridized carbons (Fsp3) is 0.300. The quantitative estimate of drug-likeness (QED) is 0.295. The number of aryl methyl sites for hydroxylation is 2. The minimum atomic E-state index is 0.0114. The molecule has 31 heavy (non-hydrogen) atoms. The van der Waals surface area contributed by atoms with Crippen LogP contribution >= 0.6 is 0 Å².